The predicted octanol–water partition coefficient (Wildman–Crippen LogP) is 1.69. The monoisotopic (exact) mass is 292 g/mol. The third-order valence-electron chi connectivity index (χ3n) is 3.65. The highest BCUT2D eigenvalue weighted by Gasteiger charge is 2.22. The Kier molecular flexibility index (Phi) is 3.08. The third kappa shape index (κ3) is 1.99. The van der Waals surface area contributed by atoms with Crippen molar-refractivity contribution in [2.45, 2.75) is 19.4 Å². The van der Waals surface area contributed by atoms with Crippen molar-refractivity contribution in [3.8, 4) is 29.0 Å². The van der Waals surface area contributed by atoms with E-state index in [-0.39, 0.29) is 28.6 Å². The van der Waals surface area contributed by atoms with Crippen LogP contribution in [0.4, 0.5) is 5.82 Å². The van der Waals surface area contributed by atoms with E-state index in [2.05, 4.69) is 4.98 Å². The van der Waals surface area contributed by atoms with Gasteiger partial charge in [-0.05, 0) is 30.2 Å². The maximum Gasteiger partial charge on any atom is 0.268 e. The van der Waals surface area contributed by atoms with Crippen LogP contribution in [0.3, 0.4) is 0 Å². The number of aromatic amines is 1. The van der Waals surface area contributed by atoms with Gasteiger partial charge in [0.1, 0.15) is 40.9 Å². The maximum atomic E-state index is 11.9. The van der Waals surface area contributed by atoms with Crippen LogP contribution in [0.2, 0.25) is 0 Å². The molecule has 6 heteroatoms. The zero-order valence-electron chi connectivity index (χ0n) is 11.8. The summed E-state index contributed by atoms with van der Waals surface area (Å²) in [6, 6.07) is 9.18. The Balaban J connectivity index is 2.30. The molecule has 22 heavy (non-hydrogen) atoms. The average molecular weight is 292 g/mol. The minimum absolute atomic E-state index is 0.0355. The molecule has 3 rings (SSSR count). The van der Waals surface area contributed by atoms with E-state index in [9.17, 15) is 15.3 Å². The van der Waals surface area contributed by atoms with Gasteiger partial charge < -0.3 is 15.5 Å². The lowest BCUT2D eigenvalue weighted by molar-refractivity contribution is 0.254. The Morgan fingerprint density at radius 2 is 2.05 bits per heavy atom. The van der Waals surface area contributed by atoms with Crippen molar-refractivity contribution < 1.29 is 4.74 Å². The van der Waals surface area contributed by atoms with E-state index >= 15 is 0 Å². The topological polar surface area (TPSA) is 116 Å². The second-order valence-corrected chi connectivity index (χ2v) is 5.17. The van der Waals surface area contributed by atoms with E-state index in [4.69, 9.17) is 10.5 Å². The molecule has 0 aliphatic carbocycles. The molecule has 1 aliphatic rings. The number of hydrogen-bond acceptors (Lipinski definition) is 5. The van der Waals surface area contributed by atoms with Crippen LogP contribution in [0.5, 0.6) is 5.75 Å². The highest BCUT2D eigenvalue weighted by atomic mass is 16.5. The molecule has 0 radical (unpaired) electrons. The van der Waals surface area contributed by atoms with Crippen molar-refractivity contribution in [2.75, 3.05) is 5.73 Å². The van der Waals surface area contributed by atoms with E-state index in [1.807, 2.05) is 25.1 Å². The standard InChI is InChI=1S/C16H12N4O2/c1-8-4-10-5-9(2-3-13(10)22-8)14-11(6-17)15(19)20-16(21)12(14)7-18/h2-3,5,8H,4H2,1H3,(H3,19,20,21). The van der Waals surface area contributed by atoms with Crippen LogP contribution in [-0.4, -0.2) is 11.1 Å². The normalized spacial score (nSPS) is 15.5. The molecule has 0 spiro atoms. The van der Waals surface area contributed by atoms with Crippen LogP contribution in [0.1, 0.15) is 23.6 Å². The van der Waals surface area contributed by atoms with E-state index in [1.54, 1.807) is 12.1 Å². The van der Waals surface area contributed by atoms with Crippen LogP contribution < -0.4 is 16.0 Å². The molecule has 3 N–H and O–H groups in total. The summed E-state index contributed by atoms with van der Waals surface area (Å²) < 4.78 is 5.64. The summed E-state index contributed by atoms with van der Waals surface area (Å²) in [5.74, 6) is 0.748. The van der Waals surface area contributed by atoms with Gasteiger partial charge in [0, 0.05) is 12.0 Å². The fraction of sp³-hybridized carbons (Fsp3) is 0.188. The molecule has 0 fully saturated rings. The molecule has 108 valence electrons. The zero-order chi connectivity index (χ0) is 15.9. The zero-order valence-corrected chi connectivity index (χ0v) is 11.8. The second kappa shape index (κ2) is 4.94. The fourth-order valence-electron chi connectivity index (χ4n) is 2.71. The Morgan fingerprint density at radius 3 is 2.73 bits per heavy atom. The Morgan fingerprint density at radius 1 is 1.32 bits per heavy atom. The van der Waals surface area contributed by atoms with Crippen LogP contribution in [0, 0.1) is 22.7 Å². The maximum absolute atomic E-state index is 11.9. The van der Waals surface area contributed by atoms with Gasteiger partial charge in [0.25, 0.3) is 5.56 Å². The number of benzene rings is 1. The number of H-pyrrole nitrogens is 1. The number of hydrogen-bond donors (Lipinski definition) is 2. The predicted molar refractivity (Wildman–Crippen MR) is 80.1 cm³/mol. The molecule has 6 nitrogen and oxygen atoms in total. The molecular formula is C16H12N4O2. The molecule has 0 bridgehead atoms. The first-order valence-corrected chi connectivity index (χ1v) is 6.71. The summed E-state index contributed by atoms with van der Waals surface area (Å²) >= 11 is 0. The van der Waals surface area contributed by atoms with Gasteiger partial charge in [0.2, 0.25) is 0 Å². The molecule has 1 aliphatic heterocycles. The molecular weight excluding hydrogens is 280 g/mol. The number of ether oxygens (including phenoxy) is 1. The minimum Gasteiger partial charge on any atom is -0.490 e. The quantitative estimate of drug-likeness (QED) is 0.829. The van der Waals surface area contributed by atoms with E-state index < -0.39 is 5.56 Å². The second-order valence-electron chi connectivity index (χ2n) is 5.17. The van der Waals surface area contributed by atoms with Gasteiger partial charge in [-0.3, -0.25) is 4.79 Å². The number of nitrogens with two attached hydrogens (primary N) is 1. The fourth-order valence-corrected chi connectivity index (χ4v) is 2.71. The van der Waals surface area contributed by atoms with Crippen molar-refractivity contribution in [1.82, 2.24) is 4.98 Å². The van der Waals surface area contributed by atoms with E-state index in [0.717, 1.165) is 17.7 Å². The summed E-state index contributed by atoms with van der Waals surface area (Å²) in [5, 5.41) is 18.6. The molecule has 0 saturated carbocycles. The SMILES string of the molecule is CC1Cc2cc(-c3c(C#N)c(N)[nH]c(=O)c3C#N)ccc2O1. The number of anilines is 1. The average Bonchev–Trinajstić information content (AvgIpc) is 2.85. The van der Waals surface area contributed by atoms with E-state index in [0.29, 0.717) is 5.56 Å². The van der Waals surface area contributed by atoms with Crippen LogP contribution >= 0.6 is 0 Å². The molecule has 1 unspecified atom stereocenters. The molecule has 0 amide bonds. The number of fused-ring (bicyclic) bond motifs is 1. The van der Waals surface area contributed by atoms with Crippen LogP contribution in [0.15, 0.2) is 23.0 Å². The van der Waals surface area contributed by atoms with Gasteiger partial charge in [-0.2, -0.15) is 10.5 Å². The highest BCUT2D eigenvalue weighted by Crippen LogP contribution is 2.35. The number of nitriles is 2. The molecule has 2 heterocycles. The van der Waals surface area contributed by atoms with Crippen molar-refractivity contribution in [3.63, 3.8) is 0 Å². The summed E-state index contributed by atoms with van der Waals surface area (Å²) in [6.07, 6.45) is 0.825. The molecule has 1 aromatic heterocycles. The minimum atomic E-state index is -0.598. The lowest BCUT2D eigenvalue weighted by Gasteiger charge is -2.09. The first-order valence-electron chi connectivity index (χ1n) is 6.71. The van der Waals surface area contributed by atoms with Gasteiger partial charge in [0.05, 0.1) is 0 Å². The Bertz CT molecular complexity index is 915. The molecule has 1 aromatic carbocycles. The van der Waals surface area contributed by atoms with Crippen molar-refractivity contribution in [2.24, 2.45) is 0 Å². The first-order chi connectivity index (χ1) is 10.5. The largest absolute Gasteiger partial charge is 0.490 e. The van der Waals surface area contributed by atoms with Gasteiger partial charge in [-0.1, -0.05) is 6.07 Å². The number of nitrogens with one attached hydrogen (secondary N) is 1. The van der Waals surface area contributed by atoms with Gasteiger partial charge in [-0.15, -0.1) is 0 Å². The third-order valence-corrected chi connectivity index (χ3v) is 3.65. The summed E-state index contributed by atoms with van der Waals surface area (Å²) in [4.78, 5) is 14.3. The highest BCUT2D eigenvalue weighted by molar-refractivity contribution is 5.80. The Labute approximate surface area is 126 Å². The smallest absolute Gasteiger partial charge is 0.268 e. The lowest BCUT2D eigenvalue weighted by atomic mass is 9.94. The summed E-state index contributed by atoms with van der Waals surface area (Å²) in [7, 11) is 0. The van der Waals surface area contributed by atoms with E-state index in [1.165, 1.54) is 0 Å². The van der Waals surface area contributed by atoms with Gasteiger partial charge >= 0.3 is 0 Å². The first kappa shape index (κ1) is 13.7. The van der Waals surface area contributed by atoms with Crippen LogP contribution in [0.25, 0.3) is 11.1 Å². The Hall–Kier alpha value is -3.25. The van der Waals surface area contributed by atoms with Crippen molar-refractivity contribution >= 4 is 5.82 Å². The molecule has 2 aromatic rings. The lowest BCUT2D eigenvalue weighted by Crippen LogP contribution is -2.16. The van der Waals surface area contributed by atoms with Crippen LogP contribution in [-0.2, 0) is 6.42 Å². The molecule has 1 atom stereocenters. The summed E-state index contributed by atoms with van der Waals surface area (Å²) in [5.41, 5.74) is 6.97. The number of pyridine rings is 1. The van der Waals surface area contributed by atoms with Gasteiger partial charge in [-0.25, -0.2) is 0 Å². The number of nitrogen functional groups attached to an aromatic ring is 1. The van der Waals surface area contributed by atoms with Crippen molar-refractivity contribution in [3.05, 3.63) is 45.2 Å². The number of rotatable bonds is 1. The molecule has 0 saturated heterocycles. The van der Waals surface area contributed by atoms with Crippen molar-refractivity contribution in [1.29, 1.82) is 10.5 Å². The summed E-state index contributed by atoms with van der Waals surface area (Å²) in [6.45, 7) is 1.96. The van der Waals surface area contributed by atoms with Gasteiger partial charge in [0.15, 0.2) is 0 Å². The number of aromatic nitrogens is 1. The number of nitrogens with zero attached hydrogens (tertiary/aromatic N) is 2.